The van der Waals surface area contributed by atoms with Gasteiger partial charge in [-0.15, -0.1) is 11.8 Å². The summed E-state index contributed by atoms with van der Waals surface area (Å²) in [6.07, 6.45) is 0.627. The Balaban J connectivity index is 1.53. The number of aliphatic carboxylic acids is 1. The quantitative estimate of drug-likeness (QED) is 0.610. The summed E-state index contributed by atoms with van der Waals surface area (Å²) in [6, 6.07) is 14.6. The van der Waals surface area contributed by atoms with Gasteiger partial charge in [-0.1, -0.05) is 24.3 Å². The average molecular weight is 355 g/mol. The summed E-state index contributed by atoms with van der Waals surface area (Å²) in [7, 11) is 0. The first kappa shape index (κ1) is 17.2. The molecule has 2 aromatic rings. The largest absolute Gasteiger partial charge is 0.481 e. The molecule has 0 radical (unpaired) electrons. The number of carbonyl (C=O) groups excluding carboxylic acids is 2. The van der Waals surface area contributed by atoms with Gasteiger partial charge in [-0.05, 0) is 36.2 Å². The maximum atomic E-state index is 12.3. The number of benzene rings is 2. The van der Waals surface area contributed by atoms with Crippen LogP contribution in [0, 0.1) is 0 Å². The van der Waals surface area contributed by atoms with Gasteiger partial charge in [-0.2, -0.15) is 0 Å². The van der Waals surface area contributed by atoms with Crippen LogP contribution in [-0.4, -0.2) is 40.1 Å². The molecule has 5 nitrogen and oxygen atoms in total. The fourth-order valence-electron chi connectivity index (χ4n) is 2.70. The van der Waals surface area contributed by atoms with E-state index in [2.05, 4.69) is 0 Å². The number of amides is 2. The zero-order chi connectivity index (χ0) is 17.8. The lowest BCUT2D eigenvalue weighted by atomic mass is 10.1. The second-order valence-electron chi connectivity index (χ2n) is 5.69. The van der Waals surface area contributed by atoms with Crippen molar-refractivity contribution in [2.75, 3.05) is 12.3 Å². The molecule has 0 atom stereocenters. The van der Waals surface area contributed by atoms with Gasteiger partial charge in [0.15, 0.2) is 0 Å². The monoisotopic (exact) mass is 355 g/mol. The van der Waals surface area contributed by atoms with Crippen molar-refractivity contribution in [1.82, 2.24) is 4.90 Å². The minimum absolute atomic E-state index is 0.117. The molecule has 6 heteroatoms. The molecule has 0 bridgehead atoms. The lowest BCUT2D eigenvalue weighted by molar-refractivity contribution is -0.136. The van der Waals surface area contributed by atoms with E-state index < -0.39 is 5.97 Å². The molecular weight excluding hydrogens is 338 g/mol. The Kier molecular flexibility index (Phi) is 5.19. The molecule has 25 heavy (non-hydrogen) atoms. The van der Waals surface area contributed by atoms with Crippen molar-refractivity contribution in [3.8, 4) is 0 Å². The molecule has 1 N–H and O–H groups in total. The Bertz CT molecular complexity index is 781. The van der Waals surface area contributed by atoms with Gasteiger partial charge in [0.1, 0.15) is 0 Å². The predicted molar refractivity (Wildman–Crippen MR) is 94.9 cm³/mol. The Morgan fingerprint density at radius 3 is 2.12 bits per heavy atom. The number of rotatable bonds is 7. The van der Waals surface area contributed by atoms with Crippen LogP contribution in [0.3, 0.4) is 0 Å². The van der Waals surface area contributed by atoms with Crippen LogP contribution in [0.2, 0.25) is 0 Å². The van der Waals surface area contributed by atoms with E-state index in [1.54, 1.807) is 36.0 Å². The van der Waals surface area contributed by atoms with Gasteiger partial charge >= 0.3 is 5.97 Å². The van der Waals surface area contributed by atoms with E-state index in [-0.39, 0.29) is 18.2 Å². The van der Waals surface area contributed by atoms with Crippen molar-refractivity contribution in [3.05, 3.63) is 65.2 Å². The summed E-state index contributed by atoms with van der Waals surface area (Å²) in [5.41, 5.74) is 1.92. The number of carbonyl (C=O) groups is 3. The van der Waals surface area contributed by atoms with E-state index in [1.807, 2.05) is 24.3 Å². The zero-order valence-electron chi connectivity index (χ0n) is 13.5. The van der Waals surface area contributed by atoms with E-state index in [9.17, 15) is 14.4 Å². The van der Waals surface area contributed by atoms with Gasteiger partial charge < -0.3 is 5.11 Å². The second kappa shape index (κ2) is 7.53. The molecule has 1 aliphatic heterocycles. The molecule has 0 fully saturated rings. The first-order chi connectivity index (χ1) is 12.1. The summed E-state index contributed by atoms with van der Waals surface area (Å²) >= 11 is 1.56. The average Bonchev–Trinajstić information content (AvgIpc) is 2.86. The molecule has 2 aromatic carbocycles. The Morgan fingerprint density at radius 1 is 0.960 bits per heavy atom. The minimum atomic E-state index is -0.806. The number of imide groups is 1. The Hall–Kier alpha value is -2.60. The lowest BCUT2D eigenvalue weighted by Gasteiger charge is -2.13. The number of fused-ring (bicyclic) bond motifs is 1. The van der Waals surface area contributed by atoms with Crippen molar-refractivity contribution in [1.29, 1.82) is 0 Å². The lowest BCUT2D eigenvalue weighted by Crippen LogP contribution is -2.31. The zero-order valence-corrected chi connectivity index (χ0v) is 14.3. The maximum absolute atomic E-state index is 12.3. The minimum Gasteiger partial charge on any atom is -0.481 e. The van der Waals surface area contributed by atoms with Crippen molar-refractivity contribution in [2.24, 2.45) is 0 Å². The molecule has 3 rings (SSSR count). The molecule has 128 valence electrons. The third kappa shape index (κ3) is 3.91. The number of aryl methyl sites for hydroxylation is 1. The standard InChI is InChI=1S/C19H17NO4S/c21-17(22)10-7-13-5-8-14(9-6-13)25-12-11-20-18(23)15-3-1-2-4-16(15)19(20)24/h1-6,8-9H,7,10-12H2,(H,21,22). The van der Waals surface area contributed by atoms with Crippen LogP contribution in [0.4, 0.5) is 0 Å². The summed E-state index contributed by atoms with van der Waals surface area (Å²) < 4.78 is 0. The number of carboxylic acids is 1. The van der Waals surface area contributed by atoms with Crippen LogP contribution in [-0.2, 0) is 11.2 Å². The highest BCUT2D eigenvalue weighted by Gasteiger charge is 2.34. The predicted octanol–water partition coefficient (Wildman–Crippen LogP) is 3.09. The number of hydrogen-bond donors (Lipinski definition) is 1. The summed E-state index contributed by atoms with van der Waals surface area (Å²) in [5, 5.41) is 8.69. The first-order valence-corrected chi connectivity index (χ1v) is 8.93. The number of nitrogens with zero attached hydrogens (tertiary/aromatic N) is 1. The highest BCUT2D eigenvalue weighted by Crippen LogP contribution is 2.24. The molecule has 0 aliphatic carbocycles. The van der Waals surface area contributed by atoms with E-state index in [4.69, 9.17) is 5.11 Å². The topological polar surface area (TPSA) is 74.7 Å². The molecule has 0 saturated carbocycles. The summed E-state index contributed by atoms with van der Waals surface area (Å²) in [6.45, 7) is 0.359. The molecule has 0 saturated heterocycles. The normalized spacial score (nSPS) is 13.2. The van der Waals surface area contributed by atoms with Gasteiger partial charge in [0.2, 0.25) is 0 Å². The van der Waals surface area contributed by atoms with Gasteiger partial charge in [0.25, 0.3) is 11.8 Å². The molecule has 0 aromatic heterocycles. The van der Waals surface area contributed by atoms with Crippen molar-refractivity contribution in [2.45, 2.75) is 17.7 Å². The van der Waals surface area contributed by atoms with Crippen molar-refractivity contribution in [3.63, 3.8) is 0 Å². The van der Waals surface area contributed by atoms with Gasteiger partial charge in [-0.3, -0.25) is 19.3 Å². The van der Waals surface area contributed by atoms with E-state index in [0.29, 0.717) is 29.8 Å². The molecule has 1 aliphatic rings. The fourth-order valence-corrected chi connectivity index (χ4v) is 3.54. The first-order valence-electron chi connectivity index (χ1n) is 7.95. The maximum Gasteiger partial charge on any atom is 0.303 e. The van der Waals surface area contributed by atoms with Gasteiger partial charge in [0.05, 0.1) is 11.1 Å². The number of carboxylic acid groups (broad SMARTS) is 1. The van der Waals surface area contributed by atoms with Crippen LogP contribution < -0.4 is 0 Å². The molecule has 2 amide bonds. The Morgan fingerprint density at radius 2 is 1.56 bits per heavy atom. The number of hydrogen-bond acceptors (Lipinski definition) is 4. The van der Waals surface area contributed by atoms with Crippen molar-refractivity contribution >= 4 is 29.5 Å². The van der Waals surface area contributed by atoms with E-state index in [1.165, 1.54) is 4.90 Å². The molecule has 1 heterocycles. The SMILES string of the molecule is O=C(O)CCc1ccc(SCCN2C(=O)c3ccccc3C2=O)cc1. The molecule has 0 spiro atoms. The highest BCUT2D eigenvalue weighted by molar-refractivity contribution is 7.99. The summed E-state index contributed by atoms with van der Waals surface area (Å²) in [5.74, 6) is -0.658. The highest BCUT2D eigenvalue weighted by atomic mass is 32.2. The third-order valence-electron chi connectivity index (χ3n) is 4.01. The number of thioether (sulfide) groups is 1. The van der Waals surface area contributed by atoms with Crippen LogP contribution in [0.1, 0.15) is 32.7 Å². The molecular formula is C19H17NO4S. The fraction of sp³-hybridized carbons (Fsp3) is 0.211. The third-order valence-corrected chi connectivity index (χ3v) is 5.00. The van der Waals surface area contributed by atoms with E-state index in [0.717, 1.165) is 10.5 Å². The van der Waals surface area contributed by atoms with Crippen LogP contribution in [0.5, 0.6) is 0 Å². The van der Waals surface area contributed by atoms with Gasteiger partial charge in [0, 0.05) is 23.6 Å². The summed E-state index contributed by atoms with van der Waals surface area (Å²) in [4.78, 5) is 37.4. The molecule has 0 unspecified atom stereocenters. The van der Waals surface area contributed by atoms with Crippen LogP contribution >= 0.6 is 11.8 Å². The van der Waals surface area contributed by atoms with Crippen LogP contribution in [0.25, 0.3) is 0 Å². The Labute approximate surface area is 149 Å². The van der Waals surface area contributed by atoms with Gasteiger partial charge in [-0.25, -0.2) is 0 Å². The van der Waals surface area contributed by atoms with Crippen LogP contribution in [0.15, 0.2) is 53.4 Å². The second-order valence-corrected chi connectivity index (χ2v) is 6.86. The van der Waals surface area contributed by atoms with Crippen molar-refractivity contribution < 1.29 is 19.5 Å². The van der Waals surface area contributed by atoms with E-state index >= 15 is 0 Å². The smallest absolute Gasteiger partial charge is 0.303 e.